The van der Waals surface area contributed by atoms with Crippen molar-refractivity contribution in [1.29, 1.82) is 0 Å². The van der Waals surface area contributed by atoms with E-state index in [2.05, 4.69) is 15.6 Å². The molecule has 1 unspecified atom stereocenters. The van der Waals surface area contributed by atoms with E-state index in [1.54, 1.807) is 19.3 Å². The smallest absolute Gasteiger partial charge is 0.407 e. The molecule has 0 radical (unpaired) electrons. The van der Waals surface area contributed by atoms with E-state index in [9.17, 15) is 9.59 Å². The minimum absolute atomic E-state index is 0.0206. The van der Waals surface area contributed by atoms with Crippen LogP contribution in [-0.4, -0.2) is 36.2 Å². The van der Waals surface area contributed by atoms with Gasteiger partial charge in [-0.2, -0.15) is 0 Å². The first-order chi connectivity index (χ1) is 10.0. The number of hydrogen-bond donors (Lipinski definition) is 2. The summed E-state index contributed by atoms with van der Waals surface area (Å²) in [7, 11) is 0. The number of ether oxygens (including phenoxy) is 1. The van der Waals surface area contributed by atoms with Crippen LogP contribution in [0.15, 0.2) is 24.5 Å². The summed E-state index contributed by atoms with van der Waals surface area (Å²) >= 11 is 0. The number of pyridine rings is 1. The first kappa shape index (κ1) is 16.9. The molecule has 0 aliphatic rings. The van der Waals surface area contributed by atoms with Crippen molar-refractivity contribution in [2.24, 2.45) is 5.92 Å². The van der Waals surface area contributed by atoms with Gasteiger partial charge in [-0.3, -0.25) is 9.78 Å². The maximum absolute atomic E-state index is 12.1. The second-order valence-corrected chi connectivity index (χ2v) is 4.99. The molecular formula is C15H23N3O3. The quantitative estimate of drug-likeness (QED) is 0.798. The standard InChI is InChI=1S/C15H23N3O3/c1-4-21-15(20)18-13(11(2)3)14(19)17-9-7-12-6-5-8-16-10-12/h5-6,8,10-11,13H,4,7,9H2,1-3H3,(H,17,19)(H,18,20). The topological polar surface area (TPSA) is 80.3 Å². The van der Waals surface area contributed by atoms with Gasteiger partial charge in [0.05, 0.1) is 6.61 Å². The maximum Gasteiger partial charge on any atom is 0.407 e. The van der Waals surface area contributed by atoms with Crippen LogP contribution in [0.2, 0.25) is 0 Å². The van der Waals surface area contributed by atoms with Crippen LogP contribution in [0.1, 0.15) is 26.3 Å². The Hall–Kier alpha value is -2.11. The van der Waals surface area contributed by atoms with Crippen LogP contribution in [0.4, 0.5) is 4.79 Å². The third-order valence-electron chi connectivity index (χ3n) is 2.93. The van der Waals surface area contributed by atoms with Crippen LogP contribution in [0.25, 0.3) is 0 Å². The molecule has 6 heteroatoms. The number of amides is 2. The van der Waals surface area contributed by atoms with Gasteiger partial charge in [0, 0.05) is 18.9 Å². The molecule has 1 heterocycles. The summed E-state index contributed by atoms with van der Waals surface area (Å²) in [6.07, 6.45) is 3.60. The Kier molecular flexibility index (Phi) is 7.21. The van der Waals surface area contributed by atoms with E-state index in [1.807, 2.05) is 26.0 Å². The molecule has 0 aliphatic carbocycles. The van der Waals surface area contributed by atoms with E-state index < -0.39 is 12.1 Å². The fraction of sp³-hybridized carbons (Fsp3) is 0.533. The van der Waals surface area contributed by atoms with Gasteiger partial charge in [-0.15, -0.1) is 0 Å². The highest BCUT2D eigenvalue weighted by molar-refractivity contribution is 5.85. The summed E-state index contributed by atoms with van der Waals surface area (Å²) < 4.78 is 4.81. The summed E-state index contributed by atoms with van der Waals surface area (Å²) in [5, 5.41) is 5.40. The van der Waals surface area contributed by atoms with Gasteiger partial charge in [0.25, 0.3) is 0 Å². The molecule has 1 atom stereocenters. The van der Waals surface area contributed by atoms with Gasteiger partial charge < -0.3 is 15.4 Å². The van der Waals surface area contributed by atoms with Crippen molar-refractivity contribution in [2.45, 2.75) is 33.2 Å². The average Bonchev–Trinajstić information content (AvgIpc) is 2.45. The van der Waals surface area contributed by atoms with E-state index in [0.717, 1.165) is 5.56 Å². The minimum atomic E-state index is -0.599. The predicted molar refractivity (Wildman–Crippen MR) is 79.7 cm³/mol. The molecule has 2 N–H and O–H groups in total. The van der Waals surface area contributed by atoms with Crippen molar-refractivity contribution in [2.75, 3.05) is 13.2 Å². The highest BCUT2D eigenvalue weighted by Gasteiger charge is 2.24. The van der Waals surface area contributed by atoms with Gasteiger partial charge in [0.2, 0.25) is 5.91 Å². The van der Waals surface area contributed by atoms with Crippen LogP contribution in [0, 0.1) is 5.92 Å². The number of carbonyl (C=O) groups excluding carboxylic acids is 2. The monoisotopic (exact) mass is 293 g/mol. The van der Waals surface area contributed by atoms with Crippen LogP contribution in [0.5, 0.6) is 0 Å². The van der Waals surface area contributed by atoms with Gasteiger partial charge in [-0.1, -0.05) is 19.9 Å². The highest BCUT2D eigenvalue weighted by Crippen LogP contribution is 2.03. The predicted octanol–water partition coefficient (Wildman–Crippen LogP) is 1.51. The van der Waals surface area contributed by atoms with Crippen molar-refractivity contribution in [3.63, 3.8) is 0 Å². The molecule has 0 aliphatic heterocycles. The SMILES string of the molecule is CCOC(=O)NC(C(=O)NCCc1cccnc1)C(C)C. The number of rotatable bonds is 7. The van der Waals surface area contributed by atoms with E-state index >= 15 is 0 Å². The molecule has 1 aromatic heterocycles. The molecule has 6 nitrogen and oxygen atoms in total. The van der Waals surface area contributed by atoms with Gasteiger partial charge >= 0.3 is 6.09 Å². The first-order valence-electron chi connectivity index (χ1n) is 7.14. The van der Waals surface area contributed by atoms with Crippen molar-refractivity contribution in [3.8, 4) is 0 Å². The Balaban J connectivity index is 2.44. The molecule has 0 saturated heterocycles. The van der Waals surface area contributed by atoms with Gasteiger partial charge in [0.15, 0.2) is 0 Å². The van der Waals surface area contributed by atoms with E-state index in [4.69, 9.17) is 4.74 Å². The largest absolute Gasteiger partial charge is 0.450 e. The summed E-state index contributed by atoms with van der Waals surface area (Å²) in [5.41, 5.74) is 1.05. The first-order valence-corrected chi connectivity index (χ1v) is 7.14. The maximum atomic E-state index is 12.1. The normalized spacial score (nSPS) is 11.8. The highest BCUT2D eigenvalue weighted by atomic mass is 16.5. The zero-order valence-corrected chi connectivity index (χ0v) is 12.8. The summed E-state index contributed by atoms with van der Waals surface area (Å²) in [5.74, 6) is -0.227. The lowest BCUT2D eigenvalue weighted by molar-refractivity contribution is -0.124. The molecule has 21 heavy (non-hydrogen) atoms. The lowest BCUT2D eigenvalue weighted by atomic mass is 10.0. The molecule has 1 aromatic rings. The summed E-state index contributed by atoms with van der Waals surface area (Å²) in [6, 6.07) is 3.21. The third-order valence-corrected chi connectivity index (χ3v) is 2.93. The lowest BCUT2D eigenvalue weighted by Gasteiger charge is -2.21. The molecule has 0 bridgehead atoms. The third kappa shape index (κ3) is 6.25. The zero-order valence-electron chi connectivity index (χ0n) is 12.8. The summed E-state index contributed by atoms with van der Waals surface area (Å²) in [6.45, 7) is 6.24. The molecule has 0 fully saturated rings. The molecule has 0 saturated carbocycles. The van der Waals surface area contributed by atoms with Crippen LogP contribution >= 0.6 is 0 Å². The second-order valence-electron chi connectivity index (χ2n) is 4.99. The lowest BCUT2D eigenvalue weighted by Crippen LogP contribution is -2.50. The Labute approximate surface area is 125 Å². The number of nitrogens with one attached hydrogen (secondary N) is 2. The number of nitrogens with zero attached hydrogens (tertiary/aromatic N) is 1. The van der Waals surface area contributed by atoms with Gasteiger partial charge in [-0.05, 0) is 30.9 Å². The Morgan fingerprint density at radius 2 is 2.14 bits per heavy atom. The number of alkyl carbamates (subject to hydrolysis) is 1. The molecule has 2 amide bonds. The van der Waals surface area contributed by atoms with E-state index in [-0.39, 0.29) is 18.4 Å². The van der Waals surface area contributed by atoms with E-state index in [0.29, 0.717) is 13.0 Å². The fourth-order valence-corrected chi connectivity index (χ4v) is 1.82. The Bertz CT molecular complexity index is 449. The average molecular weight is 293 g/mol. The molecule has 116 valence electrons. The molecule has 0 aromatic carbocycles. The van der Waals surface area contributed by atoms with E-state index in [1.165, 1.54) is 0 Å². The van der Waals surface area contributed by atoms with Crippen LogP contribution in [-0.2, 0) is 16.0 Å². The van der Waals surface area contributed by atoms with Gasteiger partial charge in [-0.25, -0.2) is 4.79 Å². The number of carbonyl (C=O) groups is 2. The Morgan fingerprint density at radius 3 is 2.71 bits per heavy atom. The zero-order chi connectivity index (χ0) is 15.7. The minimum Gasteiger partial charge on any atom is -0.450 e. The molecule has 0 spiro atoms. The number of hydrogen-bond acceptors (Lipinski definition) is 4. The molecular weight excluding hydrogens is 270 g/mol. The molecule has 1 rings (SSSR count). The van der Waals surface area contributed by atoms with Crippen LogP contribution in [0.3, 0.4) is 0 Å². The van der Waals surface area contributed by atoms with Crippen molar-refractivity contribution in [1.82, 2.24) is 15.6 Å². The van der Waals surface area contributed by atoms with Crippen molar-refractivity contribution < 1.29 is 14.3 Å². The van der Waals surface area contributed by atoms with Crippen molar-refractivity contribution >= 4 is 12.0 Å². The second kappa shape index (κ2) is 8.94. The van der Waals surface area contributed by atoms with Gasteiger partial charge in [0.1, 0.15) is 6.04 Å². The summed E-state index contributed by atoms with van der Waals surface area (Å²) in [4.78, 5) is 27.6. The number of aromatic nitrogens is 1. The Morgan fingerprint density at radius 1 is 1.38 bits per heavy atom. The van der Waals surface area contributed by atoms with Crippen molar-refractivity contribution in [3.05, 3.63) is 30.1 Å². The fourth-order valence-electron chi connectivity index (χ4n) is 1.82. The van der Waals surface area contributed by atoms with Crippen LogP contribution < -0.4 is 10.6 Å².